The predicted molar refractivity (Wildman–Crippen MR) is 68.0 cm³/mol. The van der Waals surface area contributed by atoms with Crippen molar-refractivity contribution in [2.24, 2.45) is 0 Å². The first-order valence-corrected chi connectivity index (χ1v) is 5.86. The Hall–Kier alpha value is -1.37. The van der Waals surface area contributed by atoms with Crippen LogP contribution in [0.5, 0.6) is 0 Å². The molecule has 0 spiro atoms. The molecule has 0 fully saturated rings. The zero-order chi connectivity index (χ0) is 13.1. The number of aromatic nitrogens is 4. The van der Waals surface area contributed by atoms with Crippen LogP contribution in [0.15, 0.2) is 12.1 Å². The summed E-state index contributed by atoms with van der Waals surface area (Å²) in [6.07, 6.45) is -0.0359. The van der Waals surface area contributed by atoms with E-state index in [1.54, 1.807) is 0 Å². The van der Waals surface area contributed by atoms with Gasteiger partial charge in [-0.25, -0.2) is 0 Å². The van der Waals surface area contributed by atoms with Gasteiger partial charge >= 0.3 is 0 Å². The van der Waals surface area contributed by atoms with Crippen molar-refractivity contribution in [1.82, 2.24) is 20.6 Å². The van der Waals surface area contributed by atoms with Crippen molar-refractivity contribution in [3.05, 3.63) is 33.0 Å². The van der Waals surface area contributed by atoms with Crippen LogP contribution in [0, 0.1) is 0 Å². The summed E-state index contributed by atoms with van der Waals surface area (Å²) in [6, 6.07) is 2.97. The Kier molecular flexibility index (Phi) is 4.00. The van der Waals surface area contributed by atoms with Gasteiger partial charge in [-0.2, -0.15) is 5.21 Å². The van der Waals surface area contributed by atoms with Gasteiger partial charge in [-0.15, -0.1) is 10.2 Å². The smallest absolute Gasteiger partial charge is 0.232 e. The molecule has 0 saturated carbocycles. The molecule has 0 aliphatic heterocycles. The van der Waals surface area contributed by atoms with Gasteiger partial charge in [0.25, 0.3) is 0 Å². The zero-order valence-electron chi connectivity index (χ0n) is 8.75. The molecule has 0 aliphatic carbocycles. The molecule has 0 radical (unpaired) electrons. The third-order valence-corrected chi connectivity index (χ3v) is 2.79. The van der Waals surface area contributed by atoms with Crippen molar-refractivity contribution >= 4 is 46.4 Å². The van der Waals surface area contributed by atoms with Crippen LogP contribution in [0.2, 0.25) is 15.1 Å². The molecule has 1 heterocycles. The minimum atomic E-state index is -0.359. The SMILES string of the molecule is O=C(Cc1nn[nH]n1)Nc1c(Cl)cc(Cl)cc1Cl. The summed E-state index contributed by atoms with van der Waals surface area (Å²) in [5, 5.41) is 16.4. The number of hydrogen-bond acceptors (Lipinski definition) is 4. The molecule has 0 aliphatic rings. The van der Waals surface area contributed by atoms with Gasteiger partial charge in [0.1, 0.15) is 0 Å². The second kappa shape index (κ2) is 5.51. The number of nitrogens with zero attached hydrogens (tertiary/aromatic N) is 3. The highest BCUT2D eigenvalue weighted by Gasteiger charge is 2.13. The Morgan fingerprint density at radius 2 is 1.94 bits per heavy atom. The quantitative estimate of drug-likeness (QED) is 0.911. The molecule has 1 aromatic carbocycles. The van der Waals surface area contributed by atoms with Crippen molar-refractivity contribution in [3.63, 3.8) is 0 Å². The highest BCUT2D eigenvalue weighted by atomic mass is 35.5. The van der Waals surface area contributed by atoms with Crippen LogP contribution in [0.3, 0.4) is 0 Å². The molecular formula is C9H6Cl3N5O. The van der Waals surface area contributed by atoms with Crippen LogP contribution < -0.4 is 5.32 Å². The molecule has 9 heteroatoms. The molecule has 18 heavy (non-hydrogen) atoms. The van der Waals surface area contributed by atoms with E-state index in [0.717, 1.165) is 0 Å². The van der Waals surface area contributed by atoms with E-state index in [4.69, 9.17) is 34.8 Å². The Morgan fingerprint density at radius 3 is 2.50 bits per heavy atom. The van der Waals surface area contributed by atoms with Gasteiger partial charge in [0, 0.05) is 5.02 Å². The van der Waals surface area contributed by atoms with Gasteiger partial charge in [0.15, 0.2) is 5.82 Å². The van der Waals surface area contributed by atoms with Crippen molar-refractivity contribution in [2.45, 2.75) is 6.42 Å². The van der Waals surface area contributed by atoms with Crippen molar-refractivity contribution in [2.75, 3.05) is 5.32 Å². The van der Waals surface area contributed by atoms with E-state index in [1.807, 2.05) is 0 Å². The summed E-state index contributed by atoms with van der Waals surface area (Å²) >= 11 is 17.6. The fourth-order valence-electron chi connectivity index (χ4n) is 1.25. The molecule has 0 bridgehead atoms. The third kappa shape index (κ3) is 3.10. The molecule has 0 atom stereocenters. The Morgan fingerprint density at radius 1 is 1.28 bits per heavy atom. The number of rotatable bonds is 3. The highest BCUT2D eigenvalue weighted by Crippen LogP contribution is 2.33. The average Bonchev–Trinajstić information content (AvgIpc) is 2.76. The number of carbonyl (C=O) groups excluding carboxylic acids is 1. The number of nitrogens with one attached hydrogen (secondary N) is 2. The second-order valence-electron chi connectivity index (χ2n) is 3.30. The minimum absolute atomic E-state index is 0.0359. The molecule has 2 rings (SSSR count). The van der Waals surface area contributed by atoms with Crippen LogP contribution in [0.25, 0.3) is 0 Å². The molecule has 0 unspecified atom stereocenters. The van der Waals surface area contributed by atoms with Crippen molar-refractivity contribution in [3.8, 4) is 0 Å². The number of tetrazole rings is 1. The monoisotopic (exact) mass is 305 g/mol. The topological polar surface area (TPSA) is 83.6 Å². The van der Waals surface area contributed by atoms with E-state index < -0.39 is 0 Å². The summed E-state index contributed by atoms with van der Waals surface area (Å²) in [5.41, 5.74) is 0.302. The average molecular weight is 307 g/mol. The van der Waals surface area contributed by atoms with E-state index in [-0.39, 0.29) is 28.2 Å². The van der Waals surface area contributed by atoms with E-state index in [1.165, 1.54) is 12.1 Å². The lowest BCUT2D eigenvalue weighted by atomic mass is 10.3. The standard InChI is InChI=1S/C9H6Cl3N5O/c10-4-1-5(11)9(6(12)2-4)13-8(18)3-7-14-16-17-15-7/h1-2H,3H2,(H,13,18)(H,14,15,16,17). The van der Waals surface area contributed by atoms with Crippen molar-refractivity contribution < 1.29 is 4.79 Å². The molecule has 2 N–H and O–H groups in total. The minimum Gasteiger partial charge on any atom is -0.323 e. The number of H-pyrrole nitrogens is 1. The lowest BCUT2D eigenvalue weighted by molar-refractivity contribution is -0.115. The van der Waals surface area contributed by atoms with Crippen LogP contribution >= 0.6 is 34.8 Å². The summed E-state index contributed by atoms with van der Waals surface area (Å²) in [4.78, 5) is 11.7. The van der Waals surface area contributed by atoms with E-state index >= 15 is 0 Å². The zero-order valence-corrected chi connectivity index (χ0v) is 11.0. The van der Waals surface area contributed by atoms with E-state index in [0.29, 0.717) is 10.7 Å². The summed E-state index contributed by atoms with van der Waals surface area (Å²) in [7, 11) is 0. The normalized spacial score (nSPS) is 10.4. The number of hydrogen-bond donors (Lipinski definition) is 2. The van der Waals surface area contributed by atoms with Crippen molar-refractivity contribution in [1.29, 1.82) is 0 Å². The highest BCUT2D eigenvalue weighted by molar-refractivity contribution is 6.42. The first-order chi connectivity index (χ1) is 8.56. The van der Waals surface area contributed by atoms with E-state index in [9.17, 15) is 4.79 Å². The number of carbonyl (C=O) groups is 1. The van der Waals surface area contributed by atoms with Gasteiger partial charge < -0.3 is 5.32 Å². The van der Waals surface area contributed by atoms with E-state index in [2.05, 4.69) is 25.9 Å². The largest absolute Gasteiger partial charge is 0.323 e. The molecular weight excluding hydrogens is 300 g/mol. The first-order valence-electron chi connectivity index (χ1n) is 4.73. The molecule has 2 aromatic rings. The summed E-state index contributed by atoms with van der Waals surface area (Å²) in [6.45, 7) is 0. The first kappa shape index (κ1) is 13.1. The summed E-state index contributed by atoms with van der Waals surface area (Å²) in [5.74, 6) is -0.0868. The molecule has 6 nitrogen and oxygen atoms in total. The Labute approximate surface area is 117 Å². The maximum Gasteiger partial charge on any atom is 0.232 e. The lowest BCUT2D eigenvalue weighted by Crippen LogP contribution is -2.16. The van der Waals surface area contributed by atoms with Crippen LogP contribution in [0.1, 0.15) is 5.82 Å². The number of anilines is 1. The van der Waals surface area contributed by atoms with Crippen LogP contribution in [-0.2, 0) is 11.2 Å². The second-order valence-corrected chi connectivity index (χ2v) is 4.55. The predicted octanol–water partition coefficient (Wildman–Crippen LogP) is 2.34. The molecule has 1 amide bonds. The van der Waals surface area contributed by atoms with Gasteiger partial charge in [-0.1, -0.05) is 40.0 Å². The Balaban J connectivity index is 2.12. The lowest BCUT2D eigenvalue weighted by Gasteiger charge is -2.08. The van der Waals surface area contributed by atoms with Gasteiger partial charge in [-0.05, 0) is 12.1 Å². The maximum atomic E-state index is 11.7. The van der Waals surface area contributed by atoms with Gasteiger partial charge in [0.2, 0.25) is 5.91 Å². The summed E-state index contributed by atoms with van der Waals surface area (Å²) < 4.78 is 0. The number of amides is 1. The number of aromatic amines is 1. The van der Waals surface area contributed by atoms with Gasteiger partial charge in [-0.3, -0.25) is 4.79 Å². The number of halogens is 3. The molecule has 94 valence electrons. The molecule has 0 saturated heterocycles. The Bertz CT molecular complexity index is 549. The van der Waals surface area contributed by atoms with Crippen LogP contribution in [0.4, 0.5) is 5.69 Å². The fraction of sp³-hybridized carbons (Fsp3) is 0.111. The fourth-order valence-corrected chi connectivity index (χ4v) is 2.16. The van der Waals surface area contributed by atoms with Crippen LogP contribution in [-0.4, -0.2) is 26.5 Å². The maximum absolute atomic E-state index is 11.7. The van der Waals surface area contributed by atoms with Gasteiger partial charge in [0.05, 0.1) is 22.2 Å². The third-order valence-electron chi connectivity index (χ3n) is 1.98. The molecule has 1 aromatic heterocycles. The number of benzene rings is 1.